The molecule has 1 fully saturated rings. The first-order chi connectivity index (χ1) is 14.8. The van der Waals surface area contributed by atoms with E-state index in [9.17, 15) is 4.79 Å². The second-order valence-corrected chi connectivity index (χ2v) is 9.51. The first kappa shape index (κ1) is 21.7. The van der Waals surface area contributed by atoms with E-state index in [-0.39, 0.29) is 24.2 Å². The van der Waals surface area contributed by atoms with Gasteiger partial charge in [0.2, 0.25) is 6.79 Å². The van der Waals surface area contributed by atoms with Crippen LogP contribution in [0.25, 0.3) is 0 Å². The van der Waals surface area contributed by atoms with Crippen LogP contribution in [-0.4, -0.2) is 62.3 Å². The number of ether oxygens (including phenoxy) is 2. The lowest BCUT2D eigenvalue weighted by Crippen LogP contribution is -2.48. The minimum atomic E-state index is -0.0414. The molecule has 6 heteroatoms. The maximum absolute atomic E-state index is 12.9. The summed E-state index contributed by atoms with van der Waals surface area (Å²) in [6, 6.07) is 14.1. The maximum Gasteiger partial charge on any atom is 0.251 e. The molecule has 0 bridgehead atoms. The number of hydrogen-bond donors (Lipinski definition) is 1. The molecule has 166 valence electrons. The molecule has 0 aliphatic carbocycles. The van der Waals surface area contributed by atoms with Gasteiger partial charge in [-0.2, -0.15) is 0 Å². The van der Waals surface area contributed by atoms with Crippen molar-refractivity contribution < 1.29 is 14.3 Å². The second-order valence-electron chi connectivity index (χ2n) is 9.51. The van der Waals surface area contributed by atoms with Crippen molar-refractivity contribution in [3.05, 3.63) is 59.2 Å². The van der Waals surface area contributed by atoms with Gasteiger partial charge in [-0.05, 0) is 47.9 Å². The van der Waals surface area contributed by atoms with Crippen LogP contribution in [0.4, 0.5) is 0 Å². The van der Waals surface area contributed by atoms with Crippen LogP contribution >= 0.6 is 0 Å². The van der Waals surface area contributed by atoms with Crippen LogP contribution < -0.4 is 14.8 Å². The monoisotopic (exact) mass is 423 g/mol. The van der Waals surface area contributed by atoms with Gasteiger partial charge in [0.25, 0.3) is 5.91 Å². The van der Waals surface area contributed by atoms with E-state index in [1.54, 1.807) is 0 Å². The molecule has 0 unspecified atom stereocenters. The fourth-order valence-corrected chi connectivity index (χ4v) is 4.12. The van der Waals surface area contributed by atoms with E-state index >= 15 is 0 Å². The number of nitrogens with zero attached hydrogens (tertiary/aromatic N) is 2. The molecule has 2 aliphatic rings. The zero-order valence-corrected chi connectivity index (χ0v) is 19.0. The molecule has 1 N–H and O–H groups in total. The van der Waals surface area contributed by atoms with Crippen LogP contribution in [0.1, 0.15) is 48.3 Å². The third kappa shape index (κ3) is 5.02. The fraction of sp³-hybridized carbons (Fsp3) is 0.480. The number of piperazine rings is 1. The Morgan fingerprint density at radius 2 is 1.68 bits per heavy atom. The van der Waals surface area contributed by atoms with E-state index in [1.807, 2.05) is 30.3 Å². The van der Waals surface area contributed by atoms with Gasteiger partial charge < -0.3 is 19.7 Å². The third-order valence-corrected chi connectivity index (χ3v) is 6.23. The van der Waals surface area contributed by atoms with E-state index < -0.39 is 0 Å². The van der Waals surface area contributed by atoms with Gasteiger partial charge in [-0.3, -0.25) is 9.69 Å². The minimum Gasteiger partial charge on any atom is -0.454 e. The summed E-state index contributed by atoms with van der Waals surface area (Å²) in [4.78, 5) is 17.7. The maximum atomic E-state index is 12.9. The first-order valence-corrected chi connectivity index (χ1v) is 11.0. The Morgan fingerprint density at radius 3 is 2.35 bits per heavy atom. The summed E-state index contributed by atoms with van der Waals surface area (Å²) in [6.07, 6.45) is 0. The van der Waals surface area contributed by atoms with E-state index in [2.05, 4.69) is 55.1 Å². The first-order valence-electron chi connectivity index (χ1n) is 11.0. The van der Waals surface area contributed by atoms with E-state index in [4.69, 9.17) is 9.47 Å². The SMILES string of the molecule is CN1CCN([C@@H](CNC(=O)c2ccc(C(C)(C)C)cc2)c2ccc3c(c2)OCO3)CC1. The smallest absolute Gasteiger partial charge is 0.251 e. The summed E-state index contributed by atoms with van der Waals surface area (Å²) >= 11 is 0. The molecule has 4 rings (SSSR count). The van der Waals surface area contributed by atoms with Crippen molar-refractivity contribution in [3.8, 4) is 11.5 Å². The lowest BCUT2D eigenvalue weighted by atomic mass is 9.87. The molecule has 1 amide bonds. The average molecular weight is 424 g/mol. The largest absolute Gasteiger partial charge is 0.454 e. The number of benzene rings is 2. The standard InChI is InChI=1S/C25H33N3O3/c1-25(2,3)20-8-5-18(6-9-20)24(29)26-16-21(28-13-11-27(4)12-14-28)19-7-10-22-23(15-19)31-17-30-22/h5-10,15,21H,11-14,16-17H2,1-4H3,(H,26,29)/t21-/m0/s1. The quantitative estimate of drug-likeness (QED) is 0.799. The highest BCUT2D eigenvalue weighted by atomic mass is 16.7. The molecule has 6 nitrogen and oxygen atoms in total. The highest BCUT2D eigenvalue weighted by Gasteiger charge is 2.26. The van der Waals surface area contributed by atoms with Crippen molar-refractivity contribution in [2.75, 3.05) is 46.6 Å². The van der Waals surface area contributed by atoms with Crippen molar-refractivity contribution >= 4 is 5.91 Å². The summed E-state index contributed by atoms with van der Waals surface area (Å²) in [5, 5.41) is 3.17. The molecular weight excluding hydrogens is 390 g/mol. The Kier molecular flexibility index (Phi) is 6.21. The van der Waals surface area contributed by atoms with Crippen molar-refractivity contribution in [2.24, 2.45) is 0 Å². The van der Waals surface area contributed by atoms with Gasteiger partial charge in [-0.1, -0.05) is 39.0 Å². The Morgan fingerprint density at radius 1 is 1.00 bits per heavy atom. The molecule has 2 aromatic rings. The summed E-state index contributed by atoms with van der Waals surface area (Å²) in [6.45, 7) is 11.3. The molecular formula is C25H33N3O3. The molecule has 0 spiro atoms. The molecule has 0 radical (unpaired) electrons. The average Bonchev–Trinajstić information content (AvgIpc) is 3.22. The minimum absolute atomic E-state index is 0.0414. The fourth-order valence-electron chi connectivity index (χ4n) is 4.12. The summed E-state index contributed by atoms with van der Waals surface area (Å²) in [5.74, 6) is 1.52. The van der Waals surface area contributed by atoms with Crippen LogP contribution in [0.5, 0.6) is 11.5 Å². The second kappa shape index (κ2) is 8.89. The zero-order chi connectivity index (χ0) is 22.0. The molecule has 0 aromatic heterocycles. The van der Waals surface area contributed by atoms with Gasteiger partial charge >= 0.3 is 0 Å². The highest BCUT2D eigenvalue weighted by Crippen LogP contribution is 2.35. The number of likely N-dealkylation sites (N-methyl/N-ethyl adjacent to an activating group) is 1. The van der Waals surface area contributed by atoms with Crippen LogP contribution in [0.2, 0.25) is 0 Å². The molecule has 0 saturated carbocycles. The summed E-state index contributed by atoms with van der Waals surface area (Å²) in [5.41, 5.74) is 3.12. The Bertz CT molecular complexity index is 913. The summed E-state index contributed by atoms with van der Waals surface area (Å²) in [7, 11) is 2.15. The van der Waals surface area contributed by atoms with Gasteiger partial charge in [0.05, 0.1) is 6.04 Å². The normalized spacial score (nSPS) is 18.1. The number of rotatable bonds is 5. The number of carbonyl (C=O) groups excluding carboxylic acids is 1. The third-order valence-electron chi connectivity index (χ3n) is 6.23. The number of hydrogen-bond acceptors (Lipinski definition) is 5. The predicted molar refractivity (Wildman–Crippen MR) is 122 cm³/mol. The van der Waals surface area contributed by atoms with Gasteiger partial charge in [0.1, 0.15) is 0 Å². The van der Waals surface area contributed by atoms with Gasteiger partial charge in [-0.25, -0.2) is 0 Å². The Labute approximate surface area is 185 Å². The number of amides is 1. The predicted octanol–water partition coefficient (Wildman–Crippen LogP) is 3.43. The van der Waals surface area contributed by atoms with Gasteiger partial charge in [0.15, 0.2) is 11.5 Å². The number of fused-ring (bicyclic) bond motifs is 1. The summed E-state index contributed by atoms with van der Waals surface area (Å²) < 4.78 is 11.1. The van der Waals surface area contributed by atoms with Crippen LogP contribution in [0, 0.1) is 0 Å². The molecule has 31 heavy (non-hydrogen) atoms. The zero-order valence-electron chi connectivity index (χ0n) is 19.0. The van der Waals surface area contributed by atoms with Gasteiger partial charge in [-0.15, -0.1) is 0 Å². The lowest BCUT2D eigenvalue weighted by molar-refractivity contribution is 0.0886. The molecule has 2 aromatic carbocycles. The van der Waals surface area contributed by atoms with E-state index in [0.717, 1.165) is 43.2 Å². The lowest BCUT2D eigenvalue weighted by Gasteiger charge is -2.38. The van der Waals surface area contributed by atoms with Crippen LogP contribution in [-0.2, 0) is 5.41 Å². The van der Waals surface area contributed by atoms with Crippen molar-refractivity contribution in [2.45, 2.75) is 32.2 Å². The molecule has 2 heterocycles. The molecule has 1 saturated heterocycles. The van der Waals surface area contributed by atoms with Gasteiger partial charge in [0, 0.05) is 38.3 Å². The highest BCUT2D eigenvalue weighted by molar-refractivity contribution is 5.94. The number of carbonyl (C=O) groups is 1. The van der Waals surface area contributed by atoms with Crippen LogP contribution in [0.3, 0.4) is 0 Å². The number of nitrogens with one attached hydrogen (secondary N) is 1. The molecule has 1 atom stereocenters. The van der Waals surface area contributed by atoms with Crippen LogP contribution in [0.15, 0.2) is 42.5 Å². The van der Waals surface area contributed by atoms with Crippen molar-refractivity contribution in [1.82, 2.24) is 15.1 Å². The topological polar surface area (TPSA) is 54.0 Å². The van der Waals surface area contributed by atoms with E-state index in [0.29, 0.717) is 12.1 Å². The van der Waals surface area contributed by atoms with Crippen molar-refractivity contribution in [1.29, 1.82) is 0 Å². The Hall–Kier alpha value is -2.57. The van der Waals surface area contributed by atoms with E-state index in [1.165, 1.54) is 5.56 Å². The Balaban J connectivity index is 1.49. The van der Waals surface area contributed by atoms with Crippen molar-refractivity contribution in [3.63, 3.8) is 0 Å². The molecule has 2 aliphatic heterocycles.